The minimum absolute atomic E-state index is 0.201. The normalized spacial score (nSPS) is 17.3. The molecule has 0 atom stereocenters. The van der Waals surface area contributed by atoms with Crippen LogP contribution in [0.25, 0.3) is 6.08 Å². The van der Waals surface area contributed by atoms with Crippen molar-refractivity contribution in [2.24, 2.45) is 0 Å². The number of nitrogens with zero attached hydrogens (tertiary/aromatic N) is 2. The van der Waals surface area contributed by atoms with Crippen molar-refractivity contribution in [1.82, 2.24) is 9.80 Å². The standard InChI is InChI=1S/C27H28BrFN2O5S/c1-2-35-22-13-19(21(28)15-23(22)36-17-18-7-9-20(29)10-8-18)14-24-26(33)31(27(34)37-24)16-25(32)30-11-5-3-4-6-12-30/h7-10,13-15H,2-6,11-12,16-17H2,1H3. The smallest absolute Gasteiger partial charge is 0.294 e. The Morgan fingerprint density at radius 1 is 1.05 bits per heavy atom. The van der Waals surface area contributed by atoms with Gasteiger partial charge in [-0.1, -0.05) is 40.9 Å². The van der Waals surface area contributed by atoms with Gasteiger partial charge >= 0.3 is 0 Å². The molecule has 0 spiro atoms. The third-order valence-corrected chi connectivity index (χ3v) is 7.68. The van der Waals surface area contributed by atoms with E-state index in [-0.39, 0.29) is 29.8 Å². The Balaban J connectivity index is 1.49. The molecule has 0 aromatic heterocycles. The van der Waals surface area contributed by atoms with E-state index in [1.165, 1.54) is 12.1 Å². The molecule has 2 aromatic carbocycles. The summed E-state index contributed by atoms with van der Waals surface area (Å²) in [6, 6.07) is 9.49. The van der Waals surface area contributed by atoms with E-state index < -0.39 is 11.1 Å². The molecule has 4 rings (SSSR count). The number of rotatable bonds is 8. The van der Waals surface area contributed by atoms with Crippen LogP contribution in [0.1, 0.15) is 43.7 Å². The topological polar surface area (TPSA) is 76.2 Å². The summed E-state index contributed by atoms with van der Waals surface area (Å²) in [7, 11) is 0. The number of thioether (sulfide) groups is 1. The minimum atomic E-state index is -0.486. The lowest BCUT2D eigenvalue weighted by Crippen LogP contribution is -2.42. The highest BCUT2D eigenvalue weighted by Gasteiger charge is 2.37. The van der Waals surface area contributed by atoms with Crippen LogP contribution in [0.4, 0.5) is 9.18 Å². The molecule has 2 fully saturated rings. The molecule has 10 heteroatoms. The van der Waals surface area contributed by atoms with E-state index in [1.807, 2.05) is 6.92 Å². The molecule has 0 unspecified atom stereocenters. The fraction of sp³-hybridized carbons (Fsp3) is 0.370. The maximum Gasteiger partial charge on any atom is 0.294 e. The van der Waals surface area contributed by atoms with Crippen LogP contribution in [0.3, 0.4) is 0 Å². The summed E-state index contributed by atoms with van der Waals surface area (Å²) in [5.41, 5.74) is 1.43. The van der Waals surface area contributed by atoms with E-state index in [1.54, 1.807) is 35.2 Å². The highest BCUT2D eigenvalue weighted by molar-refractivity contribution is 9.10. The van der Waals surface area contributed by atoms with Gasteiger partial charge in [0.15, 0.2) is 11.5 Å². The molecule has 0 aliphatic carbocycles. The number of hydrogen-bond donors (Lipinski definition) is 0. The monoisotopic (exact) mass is 590 g/mol. The van der Waals surface area contributed by atoms with Crippen molar-refractivity contribution < 1.29 is 28.2 Å². The van der Waals surface area contributed by atoms with Gasteiger partial charge in [-0.3, -0.25) is 19.3 Å². The molecule has 3 amide bonds. The van der Waals surface area contributed by atoms with E-state index in [0.717, 1.165) is 47.9 Å². The molecule has 7 nitrogen and oxygen atoms in total. The van der Waals surface area contributed by atoms with Gasteiger partial charge in [-0.25, -0.2) is 4.39 Å². The molecule has 196 valence electrons. The van der Waals surface area contributed by atoms with Crippen LogP contribution >= 0.6 is 27.7 Å². The lowest BCUT2D eigenvalue weighted by Gasteiger charge is -2.22. The van der Waals surface area contributed by atoms with Gasteiger partial charge < -0.3 is 14.4 Å². The summed E-state index contributed by atoms with van der Waals surface area (Å²) in [6.45, 7) is 3.53. The molecule has 0 N–H and O–H groups in total. The van der Waals surface area contributed by atoms with Gasteiger partial charge in [0.05, 0.1) is 11.5 Å². The van der Waals surface area contributed by atoms with Gasteiger partial charge in [-0.2, -0.15) is 0 Å². The van der Waals surface area contributed by atoms with Crippen molar-refractivity contribution in [3.8, 4) is 11.5 Å². The molecular weight excluding hydrogens is 563 g/mol. The summed E-state index contributed by atoms with van der Waals surface area (Å²) in [4.78, 5) is 41.4. The summed E-state index contributed by atoms with van der Waals surface area (Å²) < 4.78 is 25.5. The van der Waals surface area contributed by atoms with Crippen LogP contribution < -0.4 is 9.47 Å². The molecule has 0 saturated carbocycles. The van der Waals surface area contributed by atoms with Crippen molar-refractivity contribution in [2.45, 2.75) is 39.2 Å². The van der Waals surface area contributed by atoms with Gasteiger partial charge in [0.25, 0.3) is 11.1 Å². The molecule has 0 radical (unpaired) electrons. The Labute approximate surface area is 228 Å². The van der Waals surface area contributed by atoms with E-state index in [0.29, 0.717) is 41.2 Å². The molecule has 2 heterocycles. The fourth-order valence-electron chi connectivity index (χ4n) is 4.12. The second kappa shape index (κ2) is 12.6. The molecule has 0 bridgehead atoms. The number of amides is 3. The maximum absolute atomic E-state index is 13.2. The van der Waals surface area contributed by atoms with Crippen molar-refractivity contribution in [3.05, 3.63) is 62.7 Å². The summed E-state index contributed by atoms with van der Waals surface area (Å²) in [5, 5.41) is -0.458. The summed E-state index contributed by atoms with van der Waals surface area (Å²) in [5.74, 6) is -0.0600. The third kappa shape index (κ3) is 6.93. The van der Waals surface area contributed by atoms with Crippen LogP contribution in [0.5, 0.6) is 11.5 Å². The van der Waals surface area contributed by atoms with Gasteiger partial charge in [0.2, 0.25) is 5.91 Å². The summed E-state index contributed by atoms with van der Waals surface area (Å²) in [6.07, 6.45) is 5.66. The zero-order valence-electron chi connectivity index (χ0n) is 20.5. The van der Waals surface area contributed by atoms with Crippen LogP contribution in [-0.4, -0.2) is 53.1 Å². The Bertz CT molecular complexity index is 1200. The second-order valence-electron chi connectivity index (χ2n) is 8.73. The Morgan fingerprint density at radius 2 is 1.73 bits per heavy atom. The molecule has 2 aliphatic heterocycles. The number of halogens is 2. The molecule has 2 aromatic rings. The third-order valence-electron chi connectivity index (χ3n) is 6.08. The number of benzene rings is 2. The van der Waals surface area contributed by atoms with Crippen molar-refractivity contribution in [1.29, 1.82) is 0 Å². The highest BCUT2D eigenvalue weighted by atomic mass is 79.9. The fourth-order valence-corrected chi connectivity index (χ4v) is 5.38. The lowest BCUT2D eigenvalue weighted by atomic mass is 10.1. The lowest BCUT2D eigenvalue weighted by molar-refractivity contribution is -0.135. The van der Waals surface area contributed by atoms with Gasteiger partial charge in [-0.05, 0) is 73.0 Å². The van der Waals surface area contributed by atoms with E-state index in [4.69, 9.17) is 9.47 Å². The van der Waals surface area contributed by atoms with Crippen LogP contribution in [0.2, 0.25) is 0 Å². The molecule has 2 aliphatic rings. The van der Waals surface area contributed by atoms with Crippen molar-refractivity contribution >= 4 is 50.8 Å². The van der Waals surface area contributed by atoms with E-state index in [9.17, 15) is 18.8 Å². The van der Waals surface area contributed by atoms with Crippen LogP contribution in [0.15, 0.2) is 45.8 Å². The second-order valence-corrected chi connectivity index (χ2v) is 10.6. The highest BCUT2D eigenvalue weighted by Crippen LogP contribution is 2.38. The van der Waals surface area contributed by atoms with E-state index in [2.05, 4.69) is 15.9 Å². The molecular formula is C27H28BrFN2O5S. The predicted octanol–water partition coefficient (Wildman–Crippen LogP) is 6.00. The van der Waals surface area contributed by atoms with Crippen LogP contribution in [0, 0.1) is 5.82 Å². The molecule has 37 heavy (non-hydrogen) atoms. The van der Waals surface area contributed by atoms with Gasteiger partial charge in [-0.15, -0.1) is 0 Å². The first kappa shape index (κ1) is 27.2. The number of carbonyl (C=O) groups excluding carboxylic acids is 3. The SMILES string of the molecule is CCOc1cc(C=C2SC(=O)N(CC(=O)N3CCCCCC3)C2=O)c(Br)cc1OCc1ccc(F)cc1. The zero-order chi connectivity index (χ0) is 26.4. The largest absolute Gasteiger partial charge is 0.490 e. The van der Waals surface area contributed by atoms with Crippen LogP contribution in [-0.2, 0) is 16.2 Å². The van der Waals surface area contributed by atoms with E-state index >= 15 is 0 Å². The number of hydrogen-bond acceptors (Lipinski definition) is 6. The first-order valence-corrected chi connectivity index (χ1v) is 13.8. The van der Waals surface area contributed by atoms with Gasteiger partial charge in [0.1, 0.15) is 19.0 Å². The number of ether oxygens (including phenoxy) is 2. The maximum atomic E-state index is 13.2. The number of carbonyl (C=O) groups is 3. The predicted molar refractivity (Wildman–Crippen MR) is 144 cm³/mol. The average Bonchev–Trinajstić information content (AvgIpc) is 3.06. The first-order chi connectivity index (χ1) is 17.9. The number of imide groups is 1. The van der Waals surface area contributed by atoms with Gasteiger partial charge in [0, 0.05) is 17.6 Å². The Kier molecular flexibility index (Phi) is 9.26. The van der Waals surface area contributed by atoms with Crippen molar-refractivity contribution in [2.75, 3.05) is 26.2 Å². The molecule has 2 saturated heterocycles. The first-order valence-electron chi connectivity index (χ1n) is 12.2. The summed E-state index contributed by atoms with van der Waals surface area (Å²) >= 11 is 4.33. The number of likely N-dealkylation sites (tertiary alicyclic amines) is 1. The quantitative estimate of drug-likeness (QED) is 0.351. The van der Waals surface area contributed by atoms with Crippen molar-refractivity contribution in [3.63, 3.8) is 0 Å². The Hall–Kier alpha value is -2.85. The zero-order valence-corrected chi connectivity index (χ0v) is 22.9. The average molecular weight is 591 g/mol. The minimum Gasteiger partial charge on any atom is -0.490 e. The Morgan fingerprint density at radius 3 is 2.41 bits per heavy atom.